The fourth-order valence-corrected chi connectivity index (χ4v) is 8.60. The van der Waals surface area contributed by atoms with Crippen LogP contribution in [0.4, 0.5) is 24.5 Å². The number of ether oxygens (including phenoxy) is 3. The number of benzene rings is 2. The van der Waals surface area contributed by atoms with Crippen LogP contribution in [0, 0.1) is 23.8 Å². The van der Waals surface area contributed by atoms with E-state index in [2.05, 4.69) is 37.5 Å². The van der Waals surface area contributed by atoms with Crippen molar-refractivity contribution in [3.05, 3.63) is 63.8 Å². The molecule has 2 aromatic carbocycles. The first-order valence-corrected chi connectivity index (χ1v) is 18.9. The van der Waals surface area contributed by atoms with Gasteiger partial charge in [-0.3, -0.25) is 19.3 Å². The van der Waals surface area contributed by atoms with Crippen molar-refractivity contribution < 1.29 is 41.8 Å². The van der Waals surface area contributed by atoms with Crippen molar-refractivity contribution in [1.82, 2.24) is 10.2 Å². The number of nitrogens with two attached hydrogens (primary N) is 1. The van der Waals surface area contributed by atoms with Crippen LogP contribution in [0.15, 0.2) is 36.4 Å². The number of likely N-dealkylation sites (tertiary alicyclic amines) is 1. The summed E-state index contributed by atoms with van der Waals surface area (Å²) in [5.74, 6) is 3.97. The van der Waals surface area contributed by atoms with Gasteiger partial charge in [0.1, 0.15) is 6.04 Å². The molecule has 1 unspecified atom stereocenters. The van der Waals surface area contributed by atoms with E-state index in [9.17, 15) is 27.6 Å². The number of fused-ring (bicyclic) bond motifs is 1. The Morgan fingerprint density at radius 1 is 1.15 bits per heavy atom. The van der Waals surface area contributed by atoms with E-state index < -0.39 is 36.4 Å². The Bertz CT molecular complexity index is 2000. The van der Waals surface area contributed by atoms with E-state index in [1.54, 1.807) is 12.1 Å². The highest BCUT2D eigenvalue weighted by molar-refractivity contribution is 7.20. The normalized spacial score (nSPS) is 19.5. The lowest BCUT2D eigenvalue weighted by molar-refractivity contribution is -0.200. The second kappa shape index (κ2) is 17.2. The monoisotopic (exact) mass is 780 g/mol. The van der Waals surface area contributed by atoms with E-state index in [4.69, 9.17) is 26.5 Å². The number of rotatable bonds is 14. The number of hydrogen-bond donors (Lipinski definition) is 4. The molecule has 1 aromatic heterocycles. The number of nitrogens with one attached hydrogen (secondary N) is 3. The maximum absolute atomic E-state index is 13.9. The highest BCUT2D eigenvalue weighted by Crippen LogP contribution is 2.43. The van der Waals surface area contributed by atoms with Gasteiger partial charge in [-0.1, -0.05) is 24.0 Å². The maximum atomic E-state index is 13.9. The quantitative estimate of drug-likeness (QED) is 0.0970. The molecule has 292 valence electrons. The van der Waals surface area contributed by atoms with Gasteiger partial charge in [-0.05, 0) is 67.3 Å². The Labute approximate surface area is 321 Å². The molecule has 0 radical (unpaired) electrons. The molecule has 2 amide bonds. The Hall–Kier alpha value is -5.03. The van der Waals surface area contributed by atoms with Crippen LogP contribution < -0.4 is 26.4 Å². The van der Waals surface area contributed by atoms with E-state index >= 15 is 0 Å². The predicted octanol–water partition coefficient (Wildman–Crippen LogP) is 5.32. The van der Waals surface area contributed by atoms with Gasteiger partial charge >= 0.3 is 18.9 Å². The summed E-state index contributed by atoms with van der Waals surface area (Å²) in [6.07, 6.45) is -1.65. The van der Waals surface area contributed by atoms with Gasteiger partial charge in [0.15, 0.2) is 5.75 Å². The number of nitrogens with zero attached hydrogens (tertiary/aromatic N) is 2. The average molecular weight is 781 g/mol. The lowest BCUT2D eigenvalue weighted by Crippen LogP contribution is -2.68. The molecule has 0 bridgehead atoms. The largest absolute Gasteiger partial charge is 0.467 e. The number of methoxy groups -OCH3 is 1. The molecule has 2 saturated heterocycles. The van der Waals surface area contributed by atoms with Crippen LogP contribution >= 0.6 is 11.3 Å². The Kier molecular flexibility index (Phi) is 12.4. The molecule has 16 heteroatoms. The lowest BCUT2D eigenvalue weighted by atomic mass is 9.75. The van der Waals surface area contributed by atoms with Gasteiger partial charge in [0, 0.05) is 42.6 Å². The molecule has 3 aromatic rings. The van der Waals surface area contributed by atoms with Crippen LogP contribution in [0.25, 0.3) is 14.9 Å². The predicted molar refractivity (Wildman–Crippen MR) is 202 cm³/mol. The molecule has 1 aliphatic carbocycles. The van der Waals surface area contributed by atoms with Crippen LogP contribution in [0.5, 0.6) is 5.75 Å². The average Bonchev–Trinajstić information content (AvgIpc) is 3.46. The fraction of sp³-hybridized carbons (Fsp3) is 0.487. The van der Waals surface area contributed by atoms with Crippen molar-refractivity contribution in [2.24, 2.45) is 11.1 Å². The van der Waals surface area contributed by atoms with Crippen LogP contribution in [0.3, 0.4) is 0 Å². The zero-order valence-corrected chi connectivity index (χ0v) is 31.2. The van der Waals surface area contributed by atoms with E-state index in [0.717, 1.165) is 69.5 Å². The number of amides is 2. The number of esters is 1. The SMILES string of the molecule is [C-]#[N+]COc1cc(C(=O)NC(CCC(N)=O)C(=O)OC)ccc1NCC#Cc1sc2c(NC3CCC(N4CC5(COC5)C4)CC3)cccc2c1CC(F)(F)F. The molecular formula is C39H43F3N6O6S. The van der Waals surface area contributed by atoms with Crippen LogP contribution in [0.2, 0.25) is 0 Å². The van der Waals surface area contributed by atoms with Crippen molar-refractivity contribution in [2.45, 2.75) is 69.2 Å². The summed E-state index contributed by atoms with van der Waals surface area (Å²) in [6, 6.07) is 9.44. The first-order chi connectivity index (χ1) is 26.4. The minimum atomic E-state index is -4.44. The number of carbonyl (C=O) groups excluding carboxylic acids is 3. The molecule has 1 spiro atoms. The summed E-state index contributed by atoms with van der Waals surface area (Å²) in [7, 11) is 1.15. The summed E-state index contributed by atoms with van der Waals surface area (Å²) < 4.78 is 58.0. The molecule has 12 nitrogen and oxygen atoms in total. The molecule has 6 rings (SSSR count). The Morgan fingerprint density at radius 3 is 2.56 bits per heavy atom. The standard InChI is InChI=1S/C39H43F3N6O6S/c1-44-23-54-32-17-24(36(50)47-31(37(51)52-2)14-15-34(43)49)8-13-29(32)45-16-4-7-33-28(18-39(40,41)42)27-5-3-6-30(35(27)55-33)46-25-9-11-26(12-10-25)48-19-38(20-48)21-53-22-38/h3,5-6,8,13,17,25-26,31,45-46H,9-12,14-16,18-23H2,2H3,(H2,43,49)(H,47,50). The minimum Gasteiger partial charge on any atom is -0.467 e. The van der Waals surface area contributed by atoms with Crippen LogP contribution in [-0.2, 0) is 25.5 Å². The Balaban J connectivity index is 1.14. The van der Waals surface area contributed by atoms with Gasteiger partial charge in [0.2, 0.25) is 5.91 Å². The highest BCUT2D eigenvalue weighted by atomic mass is 32.1. The molecule has 3 aliphatic rings. The minimum absolute atomic E-state index is 0.0106. The Morgan fingerprint density at radius 2 is 1.91 bits per heavy atom. The van der Waals surface area contributed by atoms with Gasteiger partial charge in [0.05, 0.1) is 54.2 Å². The third kappa shape index (κ3) is 9.80. The zero-order chi connectivity index (χ0) is 39.2. The zero-order valence-electron chi connectivity index (χ0n) is 30.4. The van der Waals surface area contributed by atoms with E-state index in [0.29, 0.717) is 27.4 Å². The molecule has 2 aliphatic heterocycles. The highest BCUT2D eigenvalue weighted by Gasteiger charge is 2.50. The number of carbonyl (C=O) groups is 3. The topological polar surface area (TPSA) is 149 Å². The molecular weight excluding hydrogens is 738 g/mol. The number of hydrogen-bond acceptors (Lipinski definition) is 10. The van der Waals surface area contributed by atoms with Gasteiger partial charge in [-0.15, -0.1) is 11.3 Å². The van der Waals surface area contributed by atoms with Gasteiger partial charge < -0.3 is 35.9 Å². The molecule has 55 heavy (non-hydrogen) atoms. The molecule has 3 fully saturated rings. The van der Waals surface area contributed by atoms with Crippen molar-refractivity contribution in [1.29, 1.82) is 0 Å². The second-order valence-corrected chi connectivity index (χ2v) is 15.3. The molecule has 1 saturated carbocycles. The third-order valence-corrected chi connectivity index (χ3v) is 11.4. The van der Waals surface area contributed by atoms with Crippen LogP contribution in [-0.4, -0.2) is 93.7 Å². The van der Waals surface area contributed by atoms with Crippen LogP contribution in [0.1, 0.15) is 59.3 Å². The fourth-order valence-electron chi connectivity index (χ4n) is 7.43. The van der Waals surface area contributed by atoms with E-state index in [1.807, 2.05) is 6.07 Å². The summed E-state index contributed by atoms with van der Waals surface area (Å²) in [5.41, 5.74) is 6.99. The maximum Gasteiger partial charge on any atom is 0.393 e. The number of alkyl halides is 3. The second-order valence-electron chi connectivity index (χ2n) is 14.3. The summed E-state index contributed by atoms with van der Waals surface area (Å²) >= 11 is 1.24. The van der Waals surface area contributed by atoms with Crippen molar-refractivity contribution in [3.8, 4) is 17.6 Å². The number of anilines is 2. The first kappa shape index (κ1) is 39.7. The van der Waals surface area contributed by atoms with Gasteiger partial charge in [-0.2, -0.15) is 13.2 Å². The number of primary amides is 1. The van der Waals surface area contributed by atoms with Crippen molar-refractivity contribution in [2.75, 3.05) is 57.3 Å². The van der Waals surface area contributed by atoms with E-state index in [1.165, 1.54) is 29.5 Å². The number of halogens is 3. The summed E-state index contributed by atoms with van der Waals surface area (Å²) in [4.78, 5) is 42.5. The van der Waals surface area contributed by atoms with Crippen molar-refractivity contribution in [3.63, 3.8) is 0 Å². The molecule has 1 atom stereocenters. The van der Waals surface area contributed by atoms with Gasteiger partial charge in [-0.25, -0.2) is 11.4 Å². The summed E-state index contributed by atoms with van der Waals surface area (Å²) in [6.45, 7) is 10.7. The molecule has 5 N–H and O–H groups in total. The lowest BCUT2D eigenvalue weighted by Gasteiger charge is -2.58. The summed E-state index contributed by atoms with van der Waals surface area (Å²) in [5, 5.41) is 9.75. The first-order valence-electron chi connectivity index (χ1n) is 18.1. The van der Waals surface area contributed by atoms with Crippen molar-refractivity contribution >= 4 is 50.6 Å². The van der Waals surface area contributed by atoms with Gasteiger partial charge in [0.25, 0.3) is 5.91 Å². The molecule has 3 heterocycles. The third-order valence-electron chi connectivity index (χ3n) is 10.2. The number of thiophene rings is 1. The van der Waals surface area contributed by atoms with E-state index in [-0.39, 0.29) is 49.0 Å². The smallest absolute Gasteiger partial charge is 0.393 e.